The van der Waals surface area contributed by atoms with E-state index in [0.717, 1.165) is 12.8 Å². The van der Waals surface area contributed by atoms with E-state index in [0.29, 0.717) is 35.5 Å². The number of halogens is 1. The number of ether oxygens (including phenoxy) is 1. The van der Waals surface area contributed by atoms with Gasteiger partial charge < -0.3 is 15.8 Å². The molecule has 1 fully saturated rings. The van der Waals surface area contributed by atoms with Crippen LogP contribution in [0.15, 0.2) is 18.2 Å². The fourth-order valence-corrected chi connectivity index (χ4v) is 2.63. The first kappa shape index (κ1) is 15.1. The average molecular weight is 297 g/mol. The van der Waals surface area contributed by atoms with E-state index in [1.807, 2.05) is 0 Å². The molecule has 1 saturated carbocycles. The largest absolute Gasteiger partial charge is 0.397 e. The molecule has 0 spiro atoms. The van der Waals surface area contributed by atoms with Gasteiger partial charge in [-0.25, -0.2) is 0 Å². The quantitative estimate of drug-likeness (QED) is 0.648. The van der Waals surface area contributed by atoms with Crippen LogP contribution >= 0.6 is 11.6 Å². The van der Waals surface area contributed by atoms with Gasteiger partial charge >= 0.3 is 0 Å². The van der Waals surface area contributed by atoms with E-state index in [1.54, 1.807) is 18.2 Å². The second kappa shape index (κ2) is 7.50. The Morgan fingerprint density at radius 3 is 2.85 bits per heavy atom. The van der Waals surface area contributed by atoms with Crippen molar-refractivity contribution in [3.05, 3.63) is 28.8 Å². The summed E-state index contributed by atoms with van der Waals surface area (Å²) in [6.45, 7) is 1.03. The summed E-state index contributed by atoms with van der Waals surface area (Å²) < 4.78 is 5.75. The summed E-state index contributed by atoms with van der Waals surface area (Å²) in [5.41, 5.74) is 6.51. The number of nitrogen functional groups attached to an aromatic ring is 1. The number of amides is 1. The zero-order valence-corrected chi connectivity index (χ0v) is 12.3. The van der Waals surface area contributed by atoms with Crippen molar-refractivity contribution in [2.24, 2.45) is 0 Å². The molecule has 5 heteroatoms. The van der Waals surface area contributed by atoms with Crippen LogP contribution < -0.4 is 11.1 Å². The number of carbonyl (C=O) groups is 1. The van der Waals surface area contributed by atoms with Gasteiger partial charge in [0.05, 0.1) is 29.0 Å². The van der Waals surface area contributed by atoms with Gasteiger partial charge in [0.15, 0.2) is 0 Å². The number of nitrogens with one attached hydrogen (secondary N) is 1. The molecule has 110 valence electrons. The Hall–Kier alpha value is -1.26. The maximum atomic E-state index is 12.0. The van der Waals surface area contributed by atoms with Gasteiger partial charge in [-0.1, -0.05) is 36.9 Å². The molecule has 1 amide bonds. The predicted octanol–water partition coefficient (Wildman–Crippen LogP) is 3.00. The van der Waals surface area contributed by atoms with Gasteiger partial charge in [-0.2, -0.15) is 0 Å². The van der Waals surface area contributed by atoms with Crippen LogP contribution in [0.3, 0.4) is 0 Å². The lowest BCUT2D eigenvalue weighted by Gasteiger charge is -2.22. The number of para-hydroxylation sites is 1. The summed E-state index contributed by atoms with van der Waals surface area (Å²) >= 11 is 5.89. The maximum absolute atomic E-state index is 12.0. The average Bonchev–Trinajstić information content (AvgIpc) is 2.47. The maximum Gasteiger partial charge on any atom is 0.253 e. The lowest BCUT2D eigenvalue weighted by Crippen LogP contribution is -2.29. The zero-order chi connectivity index (χ0) is 14.4. The fraction of sp³-hybridized carbons (Fsp3) is 0.533. The van der Waals surface area contributed by atoms with Gasteiger partial charge in [0, 0.05) is 6.54 Å². The monoisotopic (exact) mass is 296 g/mol. The van der Waals surface area contributed by atoms with Crippen molar-refractivity contribution < 1.29 is 9.53 Å². The molecule has 1 aliphatic carbocycles. The third-order valence-electron chi connectivity index (χ3n) is 3.59. The van der Waals surface area contributed by atoms with Crippen molar-refractivity contribution in [2.45, 2.75) is 38.2 Å². The number of hydrogen-bond donors (Lipinski definition) is 2. The minimum absolute atomic E-state index is 0.211. The topological polar surface area (TPSA) is 64.4 Å². The van der Waals surface area contributed by atoms with Gasteiger partial charge in [0.1, 0.15) is 0 Å². The Labute approximate surface area is 124 Å². The molecule has 1 aromatic rings. The van der Waals surface area contributed by atoms with Crippen molar-refractivity contribution in [3.8, 4) is 0 Å². The Balaban J connectivity index is 1.73. The first-order valence-electron chi connectivity index (χ1n) is 7.12. The minimum Gasteiger partial charge on any atom is -0.397 e. The van der Waals surface area contributed by atoms with Crippen LogP contribution in [-0.4, -0.2) is 25.2 Å². The smallest absolute Gasteiger partial charge is 0.253 e. The number of benzene rings is 1. The SMILES string of the molecule is Nc1c(Cl)cccc1C(=O)NCCOC1CCCCC1. The van der Waals surface area contributed by atoms with E-state index in [9.17, 15) is 4.79 Å². The van der Waals surface area contributed by atoms with Crippen LogP contribution in [0.1, 0.15) is 42.5 Å². The van der Waals surface area contributed by atoms with Gasteiger partial charge in [0.25, 0.3) is 5.91 Å². The molecule has 0 unspecified atom stereocenters. The molecule has 3 N–H and O–H groups in total. The highest BCUT2D eigenvalue weighted by Crippen LogP contribution is 2.22. The Kier molecular flexibility index (Phi) is 5.68. The van der Waals surface area contributed by atoms with Crippen molar-refractivity contribution in [3.63, 3.8) is 0 Å². The van der Waals surface area contributed by atoms with Crippen molar-refractivity contribution in [1.82, 2.24) is 5.32 Å². The molecule has 4 nitrogen and oxygen atoms in total. The second-order valence-corrected chi connectivity index (χ2v) is 5.49. The Morgan fingerprint density at radius 2 is 2.10 bits per heavy atom. The standard InChI is InChI=1S/C15H21ClN2O2/c16-13-8-4-7-12(14(13)17)15(19)18-9-10-20-11-5-2-1-3-6-11/h4,7-8,11H,1-3,5-6,9-10,17H2,(H,18,19). The van der Waals surface area contributed by atoms with E-state index < -0.39 is 0 Å². The number of carbonyl (C=O) groups excluding carboxylic acids is 1. The predicted molar refractivity (Wildman–Crippen MR) is 81.0 cm³/mol. The molecular weight excluding hydrogens is 276 g/mol. The number of nitrogens with two attached hydrogens (primary N) is 1. The van der Waals surface area contributed by atoms with Crippen LogP contribution in [0.5, 0.6) is 0 Å². The summed E-state index contributed by atoms with van der Waals surface area (Å²) in [5.74, 6) is -0.211. The zero-order valence-electron chi connectivity index (χ0n) is 11.5. The van der Waals surface area contributed by atoms with Crippen LogP contribution in [0.2, 0.25) is 5.02 Å². The molecule has 0 heterocycles. The molecule has 0 radical (unpaired) electrons. The molecule has 0 aliphatic heterocycles. The van der Waals surface area contributed by atoms with E-state index in [4.69, 9.17) is 22.1 Å². The number of hydrogen-bond acceptors (Lipinski definition) is 3. The third-order valence-corrected chi connectivity index (χ3v) is 3.92. The summed E-state index contributed by atoms with van der Waals surface area (Å²) in [6.07, 6.45) is 6.43. The molecule has 0 atom stereocenters. The first-order valence-corrected chi connectivity index (χ1v) is 7.50. The molecule has 1 aromatic carbocycles. The van der Waals surface area contributed by atoms with E-state index >= 15 is 0 Å². The summed E-state index contributed by atoms with van der Waals surface area (Å²) in [4.78, 5) is 12.0. The molecule has 0 saturated heterocycles. The number of anilines is 1. The van der Waals surface area contributed by atoms with E-state index in [-0.39, 0.29) is 5.91 Å². The Bertz CT molecular complexity index is 459. The number of rotatable bonds is 5. The normalized spacial score (nSPS) is 16.1. The molecule has 0 bridgehead atoms. The molecule has 1 aliphatic rings. The molecular formula is C15H21ClN2O2. The Morgan fingerprint density at radius 1 is 1.35 bits per heavy atom. The lowest BCUT2D eigenvalue weighted by molar-refractivity contribution is 0.0299. The summed E-state index contributed by atoms with van der Waals surface area (Å²) in [7, 11) is 0. The molecule has 0 aromatic heterocycles. The van der Waals surface area contributed by atoms with Crippen LogP contribution in [-0.2, 0) is 4.74 Å². The van der Waals surface area contributed by atoms with Gasteiger partial charge in [0.2, 0.25) is 0 Å². The van der Waals surface area contributed by atoms with Gasteiger partial charge in [-0.15, -0.1) is 0 Å². The van der Waals surface area contributed by atoms with E-state index in [2.05, 4.69) is 5.32 Å². The van der Waals surface area contributed by atoms with Crippen LogP contribution in [0.25, 0.3) is 0 Å². The third kappa shape index (κ3) is 4.12. The minimum atomic E-state index is -0.211. The fourth-order valence-electron chi connectivity index (χ4n) is 2.45. The van der Waals surface area contributed by atoms with Crippen LogP contribution in [0.4, 0.5) is 5.69 Å². The first-order chi connectivity index (χ1) is 9.68. The van der Waals surface area contributed by atoms with Crippen molar-refractivity contribution in [1.29, 1.82) is 0 Å². The second-order valence-electron chi connectivity index (χ2n) is 5.09. The molecule has 2 rings (SSSR count). The van der Waals surface area contributed by atoms with Crippen LogP contribution in [0, 0.1) is 0 Å². The summed E-state index contributed by atoms with van der Waals surface area (Å²) in [6, 6.07) is 5.05. The lowest BCUT2D eigenvalue weighted by atomic mass is 9.98. The molecule has 20 heavy (non-hydrogen) atoms. The van der Waals surface area contributed by atoms with Gasteiger partial charge in [-0.05, 0) is 25.0 Å². The summed E-state index contributed by atoms with van der Waals surface area (Å²) in [5, 5.41) is 3.20. The highest BCUT2D eigenvalue weighted by atomic mass is 35.5. The highest BCUT2D eigenvalue weighted by molar-refractivity contribution is 6.33. The van der Waals surface area contributed by atoms with Gasteiger partial charge in [-0.3, -0.25) is 4.79 Å². The van der Waals surface area contributed by atoms with Crippen molar-refractivity contribution in [2.75, 3.05) is 18.9 Å². The highest BCUT2D eigenvalue weighted by Gasteiger charge is 2.14. The van der Waals surface area contributed by atoms with E-state index in [1.165, 1.54) is 19.3 Å². The van der Waals surface area contributed by atoms with Crippen molar-refractivity contribution >= 4 is 23.2 Å².